The van der Waals surface area contributed by atoms with Crippen LogP contribution in [-0.4, -0.2) is 73.0 Å². The molecule has 1 unspecified atom stereocenters. The van der Waals surface area contributed by atoms with E-state index in [1.165, 1.54) is 0 Å². The van der Waals surface area contributed by atoms with Crippen LogP contribution in [0, 0.1) is 0 Å². The average Bonchev–Trinajstić information content (AvgIpc) is 3.28. The highest BCUT2D eigenvalue weighted by molar-refractivity contribution is 7.83. The Balaban J connectivity index is 0.00000361. The second-order valence-corrected chi connectivity index (χ2v) is 8.38. The lowest BCUT2D eigenvalue weighted by Gasteiger charge is -2.35. The zero-order valence-corrected chi connectivity index (χ0v) is 20.3. The summed E-state index contributed by atoms with van der Waals surface area (Å²) in [5, 5.41) is 19.1. The SMILES string of the molecule is C.CN/C(=C\S)CNC(=O)c1ccc2c(n1)N(C(=O)Nc1cc(OCCCO)ccn1)C1CCN2C1. The second kappa shape index (κ2) is 12.5. The van der Waals surface area contributed by atoms with Gasteiger partial charge in [-0.25, -0.2) is 14.8 Å². The number of amides is 3. The number of anilines is 3. The standard InChI is InChI=1S/C23H29N7O4S.CH4/c1-24-15(14-35)12-26-22(32)18-3-4-19-21(27-18)30(16-6-8-29(19)13-16)23(33)28-20-11-17(5-7-25-20)34-10-2-9-31;/h3-5,7,11,14,16,24,31,35H,2,6,8-10,12-13H2,1H3,(H,26,32)(H,25,28,33);1H4/b15-14-;. The van der Waals surface area contributed by atoms with Crippen LogP contribution in [0.2, 0.25) is 0 Å². The van der Waals surface area contributed by atoms with Gasteiger partial charge in [0.25, 0.3) is 5.91 Å². The van der Waals surface area contributed by atoms with Gasteiger partial charge in [-0.2, -0.15) is 0 Å². The maximum Gasteiger partial charge on any atom is 0.329 e. The Morgan fingerprint density at radius 2 is 2.17 bits per heavy atom. The van der Waals surface area contributed by atoms with Crippen molar-refractivity contribution in [3.8, 4) is 5.75 Å². The highest BCUT2D eigenvalue weighted by atomic mass is 32.1. The molecule has 1 saturated heterocycles. The van der Waals surface area contributed by atoms with Crippen LogP contribution in [-0.2, 0) is 0 Å². The summed E-state index contributed by atoms with van der Waals surface area (Å²) in [6.07, 6.45) is 2.85. The molecule has 2 bridgehead atoms. The lowest BCUT2D eigenvalue weighted by molar-refractivity contribution is 0.0951. The van der Waals surface area contributed by atoms with Gasteiger partial charge in [0.2, 0.25) is 0 Å². The van der Waals surface area contributed by atoms with Crippen LogP contribution in [0.15, 0.2) is 41.6 Å². The molecule has 1 atom stereocenters. The predicted octanol–water partition coefficient (Wildman–Crippen LogP) is 2.23. The Labute approximate surface area is 216 Å². The van der Waals surface area contributed by atoms with Crippen molar-refractivity contribution in [2.45, 2.75) is 26.3 Å². The van der Waals surface area contributed by atoms with E-state index in [0.717, 1.165) is 24.4 Å². The van der Waals surface area contributed by atoms with Gasteiger partial charge >= 0.3 is 6.03 Å². The molecule has 3 amide bonds. The molecule has 2 aliphatic heterocycles. The van der Waals surface area contributed by atoms with Crippen molar-refractivity contribution < 1.29 is 19.4 Å². The summed E-state index contributed by atoms with van der Waals surface area (Å²) in [4.78, 5) is 38.7. The summed E-state index contributed by atoms with van der Waals surface area (Å²) in [5.74, 6) is 0.977. The Morgan fingerprint density at radius 1 is 1.33 bits per heavy atom. The topological polar surface area (TPSA) is 132 Å². The first-order valence-electron chi connectivity index (χ1n) is 11.4. The second-order valence-electron chi connectivity index (χ2n) is 8.12. The molecule has 11 nitrogen and oxygen atoms in total. The minimum Gasteiger partial charge on any atom is -0.493 e. The van der Waals surface area contributed by atoms with Crippen molar-refractivity contribution in [1.82, 2.24) is 20.6 Å². The minimum atomic E-state index is -0.377. The van der Waals surface area contributed by atoms with Gasteiger partial charge in [-0.1, -0.05) is 7.43 Å². The van der Waals surface area contributed by atoms with Crippen molar-refractivity contribution >= 4 is 41.9 Å². The number of carbonyl (C=O) groups excluding carboxylic acids is 2. The van der Waals surface area contributed by atoms with Crippen LogP contribution >= 0.6 is 12.6 Å². The molecule has 0 aromatic carbocycles. The van der Waals surface area contributed by atoms with Crippen LogP contribution in [0.4, 0.5) is 22.1 Å². The van der Waals surface area contributed by atoms with Crippen LogP contribution in [0.3, 0.4) is 0 Å². The lowest BCUT2D eigenvalue weighted by Crippen LogP contribution is -2.48. The van der Waals surface area contributed by atoms with E-state index in [1.54, 1.807) is 41.8 Å². The van der Waals surface area contributed by atoms with E-state index in [1.807, 2.05) is 6.07 Å². The zero-order valence-electron chi connectivity index (χ0n) is 19.4. The number of aliphatic hydroxyl groups is 1. The Hall–Kier alpha value is -3.51. The smallest absolute Gasteiger partial charge is 0.329 e. The van der Waals surface area contributed by atoms with Gasteiger partial charge in [-0.05, 0) is 30.0 Å². The Kier molecular flexibility index (Phi) is 9.37. The molecule has 0 aliphatic carbocycles. The highest BCUT2D eigenvalue weighted by Gasteiger charge is 2.40. The molecule has 4 rings (SSSR count). The molecule has 2 aromatic rings. The van der Waals surface area contributed by atoms with E-state index in [9.17, 15) is 9.59 Å². The third-order valence-electron chi connectivity index (χ3n) is 5.86. The molecular weight excluding hydrogens is 482 g/mol. The number of rotatable bonds is 9. The van der Waals surface area contributed by atoms with Crippen molar-refractivity contribution in [2.24, 2.45) is 0 Å². The molecule has 12 heteroatoms. The first-order chi connectivity index (χ1) is 17.0. The number of fused-ring (bicyclic) bond motifs is 4. The molecule has 36 heavy (non-hydrogen) atoms. The number of hydrogen-bond acceptors (Lipinski definition) is 9. The normalized spacial score (nSPS) is 16.1. The fourth-order valence-electron chi connectivity index (χ4n) is 4.06. The molecule has 0 saturated carbocycles. The van der Waals surface area contributed by atoms with Crippen LogP contribution in [0.5, 0.6) is 5.75 Å². The van der Waals surface area contributed by atoms with Crippen molar-refractivity contribution in [3.63, 3.8) is 0 Å². The monoisotopic (exact) mass is 515 g/mol. The van der Waals surface area contributed by atoms with Crippen molar-refractivity contribution in [1.29, 1.82) is 0 Å². The third kappa shape index (κ3) is 6.00. The summed E-state index contributed by atoms with van der Waals surface area (Å²) in [5.41, 5.74) is 1.78. The maximum atomic E-state index is 13.4. The van der Waals surface area contributed by atoms with Crippen LogP contribution < -0.4 is 30.5 Å². The molecule has 0 radical (unpaired) electrons. The van der Waals surface area contributed by atoms with E-state index in [0.29, 0.717) is 37.0 Å². The van der Waals surface area contributed by atoms with Crippen LogP contribution in [0.25, 0.3) is 0 Å². The number of nitrogens with zero attached hydrogens (tertiary/aromatic N) is 4. The molecule has 2 aromatic heterocycles. The molecule has 4 heterocycles. The Morgan fingerprint density at radius 3 is 2.92 bits per heavy atom. The number of hydrogen-bond donors (Lipinski definition) is 5. The van der Waals surface area contributed by atoms with Gasteiger partial charge in [0.1, 0.15) is 17.3 Å². The van der Waals surface area contributed by atoms with E-state index in [4.69, 9.17) is 9.84 Å². The minimum absolute atomic E-state index is 0. The van der Waals surface area contributed by atoms with E-state index in [2.05, 4.69) is 43.4 Å². The number of carbonyl (C=O) groups is 2. The quantitative estimate of drug-likeness (QED) is 0.254. The summed E-state index contributed by atoms with van der Waals surface area (Å²) in [7, 11) is 1.75. The average molecular weight is 516 g/mol. The number of urea groups is 1. The largest absolute Gasteiger partial charge is 0.493 e. The first-order valence-corrected chi connectivity index (χ1v) is 11.9. The Bertz CT molecular complexity index is 1110. The number of likely N-dealkylation sites (N-methyl/N-ethyl adjacent to an activating group) is 1. The molecule has 4 N–H and O–H groups in total. The van der Waals surface area contributed by atoms with Gasteiger partial charge in [0.05, 0.1) is 24.9 Å². The summed E-state index contributed by atoms with van der Waals surface area (Å²) in [6, 6.07) is 6.37. The van der Waals surface area contributed by atoms with Gasteiger partial charge in [0, 0.05) is 51.1 Å². The number of aromatic nitrogens is 2. The lowest BCUT2D eigenvalue weighted by atomic mass is 10.1. The van der Waals surface area contributed by atoms with E-state index < -0.39 is 0 Å². The number of pyridine rings is 2. The highest BCUT2D eigenvalue weighted by Crippen LogP contribution is 2.39. The molecule has 2 aliphatic rings. The van der Waals surface area contributed by atoms with E-state index >= 15 is 0 Å². The third-order valence-corrected chi connectivity index (χ3v) is 6.17. The molecule has 1 fully saturated rings. The summed E-state index contributed by atoms with van der Waals surface area (Å²) in [6.45, 7) is 2.18. The predicted molar refractivity (Wildman–Crippen MR) is 143 cm³/mol. The van der Waals surface area contributed by atoms with E-state index in [-0.39, 0.29) is 44.3 Å². The number of nitrogens with one attached hydrogen (secondary N) is 3. The first kappa shape index (κ1) is 27.1. The molecule has 194 valence electrons. The molecule has 0 spiro atoms. The van der Waals surface area contributed by atoms with Gasteiger partial charge in [-0.15, -0.1) is 12.6 Å². The summed E-state index contributed by atoms with van der Waals surface area (Å²) < 4.78 is 5.58. The zero-order chi connectivity index (χ0) is 24.8. The fraction of sp³-hybridized carbons (Fsp3) is 0.417. The molecular formula is C24H33N7O4S. The number of thiol groups is 1. The van der Waals surface area contributed by atoms with Crippen LogP contribution in [0.1, 0.15) is 30.8 Å². The van der Waals surface area contributed by atoms with Crippen molar-refractivity contribution in [3.05, 3.63) is 47.3 Å². The maximum absolute atomic E-state index is 13.4. The fourth-order valence-corrected chi connectivity index (χ4v) is 4.28. The van der Waals surface area contributed by atoms with Gasteiger partial charge in [0.15, 0.2) is 5.82 Å². The van der Waals surface area contributed by atoms with Crippen molar-refractivity contribution in [2.75, 3.05) is 55.0 Å². The number of aliphatic hydroxyl groups excluding tert-OH is 1. The van der Waals surface area contributed by atoms with Gasteiger partial charge in [-0.3, -0.25) is 15.0 Å². The van der Waals surface area contributed by atoms with Gasteiger partial charge < -0.3 is 25.4 Å². The summed E-state index contributed by atoms with van der Waals surface area (Å²) >= 11 is 4.11. The number of ether oxygens (including phenoxy) is 1.